The number of anilines is 1. The van der Waals surface area contributed by atoms with Crippen LogP contribution in [0.25, 0.3) is 0 Å². The van der Waals surface area contributed by atoms with Crippen molar-refractivity contribution in [3.8, 4) is 0 Å². The second-order valence-corrected chi connectivity index (χ2v) is 8.27. The molecule has 2 atom stereocenters. The van der Waals surface area contributed by atoms with Gasteiger partial charge in [-0.3, -0.25) is 4.79 Å². The van der Waals surface area contributed by atoms with Crippen LogP contribution in [-0.2, 0) is 11.2 Å². The van der Waals surface area contributed by atoms with Crippen LogP contribution < -0.4 is 11.1 Å². The molecule has 124 valence electrons. The summed E-state index contributed by atoms with van der Waals surface area (Å²) >= 11 is 5.06. The third-order valence-electron chi connectivity index (χ3n) is 4.21. The predicted molar refractivity (Wildman–Crippen MR) is 102 cm³/mol. The van der Waals surface area contributed by atoms with Crippen LogP contribution in [0.3, 0.4) is 0 Å². The molecule has 0 saturated carbocycles. The standard InChI is InChI=1S/C17H19BrN2OS.ClH/c1-10(15-7-8-16(18)22-15)17(21)20-14-4-2-3-11-9-12(19)5-6-13(11)14;/h5-10,14H,2-4,19H2,1H3,(H,20,21);1H. The molecule has 1 aliphatic rings. The maximum atomic E-state index is 12.6. The number of thiophene rings is 1. The monoisotopic (exact) mass is 414 g/mol. The van der Waals surface area contributed by atoms with Gasteiger partial charge in [0.1, 0.15) is 0 Å². The molecule has 1 heterocycles. The third-order valence-corrected chi connectivity index (χ3v) is 6.02. The van der Waals surface area contributed by atoms with Crippen LogP contribution in [0.15, 0.2) is 34.1 Å². The van der Waals surface area contributed by atoms with Gasteiger partial charge in [0.25, 0.3) is 0 Å². The maximum absolute atomic E-state index is 12.6. The molecule has 0 radical (unpaired) electrons. The zero-order valence-electron chi connectivity index (χ0n) is 12.8. The lowest BCUT2D eigenvalue weighted by Crippen LogP contribution is -2.33. The summed E-state index contributed by atoms with van der Waals surface area (Å²) in [6.07, 6.45) is 3.12. The lowest BCUT2D eigenvalue weighted by atomic mass is 9.87. The summed E-state index contributed by atoms with van der Waals surface area (Å²) in [6.45, 7) is 1.96. The Balaban J connectivity index is 0.00000192. The van der Waals surface area contributed by atoms with E-state index in [-0.39, 0.29) is 30.3 Å². The smallest absolute Gasteiger partial charge is 0.228 e. The highest BCUT2D eigenvalue weighted by atomic mass is 79.9. The third kappa shape index (κ3) is 4.08. The van der Waals surface area contributed by atoms with Crippen LogP contribution >= 0.6 is 39.7 Å². The summed E-state index contributed by atoms with van der Waals surface area (Å²) in [4.78, 5) is 13.6. The van der Waals surface area contributed by atoms with Gasteiger partial charge in [0.15, 0.2) is 0 Å². The lowest BCUT2D eigenvalue weighted by Gasteiger charge is -2.27. The van der Waals surface area contributed by atoms with Gasteiger partial charge in [-0.15, -0.1) is 23.7 Å². The van der Waals surface area contributed by atoms with Crippen molar-refractivity contribution >= 4 is 51.3 Å². The highest BCUT2D eigenvalue weighted by Gasteiger charge is 2.25. The Bertz CT molecular complexity index is 704. The van der Waals surface area contributed by atoms with Crippen LogP contribution in [-0.4, -0.2) is 5.91 Å². The van der Waals surface area contributed by atoms with Gasteiger partial charge >= 0.3 is 0 Å². The number of carbonyl (C=O) groups excluding carboxylic acids is 1. The number of carbonyl (C=O) groups is 1. The Morgan fingerprint density at radius 3 is 2.87 bits per heavy atom. The van der Waals surface area contributed by atoms with E-state index in [0.29, 0.717) is 0 Å². The predicted octanol–water partition coefficient (Wildman–Crippen LogP) is 4.81. The van der Waals surface area contributed by atoms with Crippen molar-refractivity contribution in [3.63, 3.8) is 0 Å². The van der Waals surface area contributed by atoms with Crippen LogP contribution in [0.4, 0.5) is 5.69 Å². The fourth-order valence-electron chi connectivity index (χ4n) is 2.97. The Labute approximate surface area is 155 Å². The van der Waals surface area contributed by atoms with Crippen molar-refractivity contribution in [1.82, 2.24) is 5.32 Å². The van der Waals surface area contributed by atoms with Gasteiger partial charge in [-0.25, -0.2) is 0 Å². The average Bonchev–Trinajstić information content (AvgIpc) is 2.93. The number of halogens is 2. The zero-order valence-corrected chi connectivity index (χ0v) is 16.1. The molecule has 0 saturated heterocycles. The number of hydrogen-bond donors (Lipinski definition) is 2. The molecule has 0 aliphatic heterocycles. The molecule has 1 aliphatic carbocycles. The molecule has 1 aromatic heterocycles. The Morgan fingerprint density at radius 2 is 2.17 bits per heavy atom. The highest BCUT2D eigenvalue weighted by molar-refractivity contribution is 9.11. The van der Waals surface area contributed by atoms with E-state index in [1.54, 1.807) is 11.3 Å². The summed E-state index contributed by atoms with van der Waals surface area (Å²) in [6, 6.07) is 10.1. The summed E-state index contributed by atoms with van der Waals surface area (Å²) in [5.41, 5.74) is 9.14. The molecule has 3 nitrogen and oxygen atoms in total. The number of rotatable bonds is 3. The van der Waals surface area contributed by atoms with E-state index in [0.717, 1.165) is 33.6 Å². The molecule has 2 aromatic rings. The quantitative estimate of drug-likeness (QED) is 0.707. The van der Waals surface area contributed by atoms with Crippen molar-refractivity contribution < 1.29 is 4.79 Å². The molecule has 1 aromatic carbocycles. The first-order valence-electron chi connectivity index (χ1n) is 7.48. The van der Waals surface area contributed by atoms with E-state index in [2.05, 4.69) is 27.3 Å². The summed E-state index contributed by atoms with van der Waals surface area (Å²) in [5.74, 6) is -0.0421. The van der Waals surface area contributed by atoms with Gasteiger partial charge in [0.05, 0.1) is 15.7 Å². The van der Waals surface area contributed by atoms with Crippen molar-refractivity contribution in [2.24, 2.45) is 0 Å². The van der Waals surface area contributed by atoms with Crippen LogP contribution in [0.5, 0.6) is 0 Å². The Kier molecular flexibility index (Phi) is 6.12. The van der Waals surface area contributed by atoms with Gasteiger partial charge in [-0.2, -0.15) is 0 Å². The molecule has 2 unspecified atom stereocenters. The fraction of sp³-hybridized carbons (Fsp3) is 0.353. The summed E-state index contributed by atoms with van der Waals surface area (Å²) in [5, 5.41) is 3.21. The minimum atomic E-state index is -0.129. The molecule has 1 amide bonds. The van der Waals surface area contributed by atoms with Gasteiger partial charge in [0.2, 0.25) is 5.91 Å². The van der Waals surface area contributed by atoms with E-state index in [1.165, 1.54) is 11.1 Å². The molecule has 0 spiro atoms. The van der Waals surface area contributed by atoms with Gasteiger partial charge < -0.3 is 11.1 Å². The summed E-state index contributed by atoms with van der Waals surface area (Å²) in [7, 11) is 0. The van der Waals surface area contributed by atoms with Crippen LogP contribution in [0, 0.1) is 0 Å². The number of fused-ring (bicyclic) bond motifs is 1. The van der Waals surface area contributed by atoms with E-state index < -0.39 is 0 Å². The number of benzene rings is 1. The molecular weight excluding hydrogens is 396 g/mol. The highest BCUT2D eigenvalue weighted by Crippen LogP contribution is 2.33. The van der Waals surface area contributed by atoms with E-state index in [9.17, 15) is 4.79 Å². The van der Waals surface area contributed by atoms with Crippen molar-refractivity contribution in [3.05, 3.63) is 50.1 Å². The fourth-order valence-corrected chi connectivity index (χ4v) is 4.45. The molecule has 0 fully saturated rings. The average molecular weight is 416 g/mol. The second-order valence-electron chi connectivity index (χ2n) is 5.78. The number of hydrogen-bond acceptors (Lipinski definition) is 3. The number of nitrogens with two attached hydrogens (primary N) is 1. The molecule has 6 heteroatoms. The largest absolute Gasteiger partial charge is 0.399 e. The van der Waals surface area contributed by atoms with Crippen molar-refractivity contribution in [2.75, 3.05) is 5.73 Å². The number of aryl methyl sites for hydroxylation is 1. The number of amides is 1. The first-order chi connectivity index (χ1) is 10.5. The Hall–Kier alpha value is -1.04. The van der Waals surface area contributed by atoms with E-state index >= 15 is 0 Å². The SMILES string of the molecule is CC(C(=O)NC1CCCc2cc(N)ccc21)c1ccc(Br)s1.Cl. The molecule has 0 bridgehead atoms. The first-order valence-corrected chi connectivity index (χ1v) is 9.09. The Morgan fingerprint density at radius 1 is 1.39 bits per heavy atom. The topological polar surface area (TPSA) is 55.1 Å². The van der Waals surface area contributed by atoms with Crippen LogP contribution in [0.2, 0.25) is 0 Å². The zero-order chi connectivity index (χ0) is 15.7. The van der Waals surface area contributed by atoms with Gasteiger partial charge in [0, 0.05) is 10.6 Å². The van der Waals surface area contributed by atoms with E-state index in [1.807, 2.05) is 31.2 Å². The molecule has 23 heavy (non-hydrogen) atoms. The normalized spacial score (nSPS) is 17.7. The molecular formula is C17H20BrClN2OS. The lowest BCUT2D eigenvalue weighted by molar-refractivity contribution is -0.123. The minimum absolute atomic E-state index is 0. The maximum Gasteiger partial charge on any atom is 0.228 e. The minimum Gasteiger partial charge on any atom is -0.399 e. The van der Waals surface area contributed by atoms with Crippen LogP contribution in [0.1, 0.15) is 47.7 Å². The molecule has 3 rings (SSSR count). The first kappa shape index (κ1) is 18.3. The summed E-state index contributed by atoms with van der Waals surface area (Å²) < 4.78 is 1.06. The van der Waals surface area contributed by atoms with Crippen molar-refractivity contribution in [1.29, 1.82) is 0 Å². The molecule has 3 N–H and O–H groups in total. The van der Waals surface area contributed by atoms with Gasteiger partial charge in [-0.1, -0.05) is 6.07 Å². The second kappa shape index (κ2) is 7.69. The van der Waals surface area contributed by atoms with Gasteiger partial charge in [-0.05, 0) is 77.5 Å². The number of nitrogens with one attached hydrogen (secondary N) is 1. The number of nitrogen functional groups attached to an aromatic ring is 1. The van der Waals surface area contributed by atoms with E-state index in [4.69, 9.17) is 5.73 Å². The van der Waals surface area contributed by atoms with Crippen molar-refractivity contribution in [2.45, 2.75) is 38.1 Å².